The molecule has 0 saturated carbocycles. The number of esters is 2. The minimum atomic E-state index is -1.05. The quantitative estimate of drug-likeness (QED) is 0.500. The van der Waals surface area contributed by atoms with E-state index in [1.54, 1.807) is 27.2 Å². The first-order valence-electron chi connectivity index (χ1n) is 9.36. The Balaban J connectivity index is 1.85. The van der Waals surface area contributed by atoms with Crippen LogP contribution in [-0.2, 0) is 33.3 Å². The van der Waals surface area contributed by atoms with Crippen molar-refractivity contribution in [2.75, 3.05) is 27.4 Å². The lowest BCUT2D eigenvalue weighted by Crippen LogP contribution is -2.57. The molecule has 3 rings (SSSR count). The molecule has 1 saturated heterocycles. The summed E-state index contributed by atoms with van der Waals surface area (Å²) in [6.45, 7) is 4.19. The normalized spacial score (nSPS) is 24.6. The van der Waals surface area contributed by atoms with E-state index < -0.39 is 41.8 Å². The number of carbonyl (C=O) groups excluding carboxylic acids is 3. The summed E-state index contributed by atoms with van der Waals surface area (Å²) in [5.41, 5.74) is 0.818. The Morgan fingerprint density at radius 2 is 1.72 bits per heavy atom. The van der Waals surface area contributed by atoms with Gasteiger partial charge in [0.15, 0.2) is 12.3 Å². The molecule has 9 heteroatoms. The van der Waals surface area contributed by atoms with Crippen molar-refractivity contribution < 1.29 is 33.3 Å². The van der Waals surface area contributed by atoms with E-state index in [0.717, 1.165) is 5.56 Å². The molecule has 0 bridgehead atoms. The van der Waals surface area contributed by atoms with Gasteiger partial charge in [0.2, 0.25) is 5.91 Å². The number of hydrogen-bond acceptors (Lipinski definition) is 8. The summed E-state index contributed by atoms with van der Waals surface area (Å²) >= 11 is 0. The molecule has 4 unspecified atom stereocenters. The van der Waals surface area contributed by atoms with Crippen LogP contribution in [0.4, 0.5) is 0 Å². The summed E-state index contributed by atoms with van der Waals surface area (Å²) < 4.78 is 20.9. The van der Waals surface area contributed by atoms with Gasteiger partial charge in [-0.2, -0.15) is 0 Å². The summed E-state index contributed by atoms with van der Waals surface area (Å²) in [6.07, 6.45) is -1.62. The Labute approximate surface area is 169 Å². The maximum atomic E-state index is 13.0. The molecule has 158 valence electrons. The number of fused-ring (bicyclic) bond motifs is 3. The van der Waals surface area contributed by atoms with Gasteiger partial charge in [0.1, 0.15) is 0 Å². The zero-order valence-electron chi connectivity index (χ0n) is 16.9. The van der Waals surface area contributed by atoms with E-state index >= 15 is 0 Å². The number of rotatable bonds is 7. The van der Waals surface area contributed by atoms with Crippen LogP contribution in [0.15, 0.2) is 24.3 Å². The van der Waals surface area contributed by atoms with E-state index in [1.165, 1.54) is 0 Å². The Kier molecular flexibility index (Phi) is 6.21. The summed E-state index contributed by atoms with van der Waals surface area (Å²) in [6, 6.07) is 6.86. The molecule has 1 aromatic carbocycles. The fourth-order valence-electron chi connectivity index (χ4n) is 3.85. The fourth-order valence-corrected chi connectivity index (χ4v) is 3.85. The number of benzene rings is 1. The minimum Gasteiger partial charge on any atom is -0.444 e. The van der Waals surface area contributed by atoms with Crippen molar-refractivity contribution in [3.63, 3.8) is 0 Å². The van der Waals surface area contributed by atoms with E-state index in [9.17, 15) is 14.4 Å². The van der Waals surface area contributed by atoms with Crippen LogP contribution >= 0.6 is 0 Å². The highest BCUT2D eigenvalue weighted by Gasteiger charge is 2.47. The highest BCUT2D eigenvalue weighted by atomic mass is 16.7. The van der Waals surface area contributed by atoms with E-state index in [1.807, 2.05) is 25.1 Å². The second kappa shape index (κ2) is 8.48. The summed E-state index contributed by atoms with van der Waals surface area (Å²) in [7, 11) is 3.11. The minimum absolute atomic E-state index is 0.216. The van der Waals surface area contributed by atoms with Gasteiger partial charge in [-0.05, 0) is 12.5 Å². The SMILES string of the molecule is COCC(C)(COC)NC(=O)C(C)C1NC2OC(=O)C(=O)OC2c2ccccc21. The molecule has 1 aromatic rings. The molecular weight excluding hydrogens is 380 g/mol. The molecule has 2 aliphatic rings. The third kappa shape index (κ3) is 4.26. The molecule has 9 nitrogen and oxygen atoms in total. The third-order valence-electron chi connectivity index (χ3n) is 5.16. The molecule has 0 radical (unpaired) electrons. The van der Waals surface area contributed by atoms with Crippen molar-refractivity contribution in [2.24, 2.45) is 5.92 Å². The molecule has 2 aliphatic heterocycles. The highest BCUT2D eigenvalue weighted by Crippen LogP contribution is 2.39. The Morgan fingerprint density at radius 3 is 2.34 bits per heavy atom. The fraction of sp³-hybridized carbons (Fsp3) is 0.550. The van der Waals surface area contributed by atoms with E-state index in [0.29, 0.717) is 5.56 Å². The lowest BCUT2D eigenvalue weighted by Gasteiger charge is -2.42. The van der Waals surface area contributed by atoms with Crippen molar-refractivity contribution >= 4 is 17.8 Å². The van der Waals surface area contributed by atoms with Crippen LogP contribution in [0, 0.1) is 5.92 Å². The third-order valence-corrected chi connectivity index (χ3v) is 5.16. The van der Waals surface area contributed by atoms with Crippen molar-refractivity contribution in [3.8, 4) is 0 Å². The molecule has 0 aliphatic carbocycles. The maximum absolute atomic E-state index is 13.0. The van der Waals surface area contributed by atoms with Crippen LogP contribution < -0.4 is 10.6 Å². The molecule has 0 spiro atoms. The van der Waals surface area contributed by atoms with Gasteiger partial charge in [-0.1, -0.05) is 31.2 Å². The van der Waals surface area contributed by atoms with Gasteiger partial charge in [0.25, 0.3) is 0 Å². The van der Waals surface area contributed by atoms with Crippen LogP contribution in [0.3, 0.4) is 0 Å². The molecule has 2 N–H and O–H groups in total. The highest BCUT2D eigenvalue weighted by molar-refractivity contribution is 6.30. The summed E-state index contributed by atoms with van der Waals surface area (Å²) in [5.74, 6) is -2.82. The van der Waals surface area contributed by atoms with Gasteiger partial charge in [-0.15, -0.1) is 0 Å². The number of ether oxygens (including phenoxy) is 4. The topological polar surface area (TPSA) is 112 Å². The molecule has 1 fully saturated rings. The molecular formula is C20H26N2O7. The van der Waals surface area contributed by atoms with E-state index in [2.05, 4.69) is 10.6 Å². The lowest BCUT2D eigenvalue weighted by molar-refractivity contribution is -0.201. The van der Waals surface area contributed by atoms with Gasteiger partial charge >= 0.3 is 11.9 Å². The molecule has 29 heavy (non-hydrogen) atoms. The van der Waals surface area contributed by atoms with Crippen LogP contribution in [0.5, 0.6) is 0 Å². The smallest absolute Gasteiger partial charge is 0.419 e. The van der Waals surface area contributed by atoms with Crippen LogP contribution in [0.2, 0.25) is 0 Å². The lowest BCUT2D eigenvalue weighted by atomic mass is 9.84. The summed E-state index contributed by atoms with van der Waals surface area (Å²) in [4.78, 5) is 36.3. The van der Waals surface area contributed by atoms with E-state index in [-0.39, 0.29) is 19.1 Å². The molecule has 0 aromatic heterocycles. The van der Waals surface area contributed by atoms with Crippen molar-refractivity contribution in [1.82, 2.24) is 10.6 Å². The van der Waals surface area contributed by atoms with Crippen molar-refractivity contribution in [1.29, 1.82) is 0 Å². The zero-order valence-corrected chi connectivity index (χ0v) is 16.9. The van der Waals surface area contributed by atoms with Crippen LogP contribution in [-0.4, -0.2) is 57.0 Å². The van der Waals surface area contributed by atoms with Crippen molar-refractivity contribution in [2.45, 2.75) is 37.8 Å². The van der Waals surface area contributed by atoms with E-state index in [4.69, 9.17) is 18.9 Å². The van der Waals surface area contributed by atoms with Gasteiger partial charge < -0.3 is 24.3 Å². The van der Waals surface area contributed by atoms with Gasteiger partial charge in [-0.25, -0.2) is 9.59 Å². The average Bonchev–Trinajstić information content (AvgIpc) is 2.68. The Hall–Kier alpha value is -2.49. The zero-order chi connectivity index (χ0) is 21.2. The predicted octanol–water partition coefficient (Wildman–Crippen LogP) is 0.602. The maximum Gasteiger partial charge on any atom is 0.419 e. The number of carbonyl (C=O) groups is 3. The Morgan fingerprint density at radius 1 is 1.14 bits per heavy atom. The monoisotopic (exact) mass is 406 g/mol. The summed E-state index contributed by atoms with van der Waals surface area (Å²) in [5, 5.41) is 6.14. The van der Waals surface area contributed by atoms with Gasteiger partial charge in [-0.3, -0.25) is 10.1 Å². The second-order valence-electron chi connectivity index (χ2n) is 7.63. The van der Waals surface area contributed by atoms with Gasteiger partial charge in [0, 0.05) is 25.8 Å². The molecule has 4 atom stereocenters. The Bertz CT molecular complexity index is 791. The predicted molar refractivity (Wildman–Crippen MR) is 100 cm³/mol. The first-order valence-corrected chi connectivity index (χ1v) is 9.36. The average molecular weight is 406 g/mol. The number of amides is 1. The number of hydrogen-bond donors (Lipinski definition) is 2. The van der Waals surface area contributed by atoms with Crippen LogP contribution in [0.25, 0.3) is 0 Å². The standard InChI is InChI=1S/C20H26N2O7/c1-11(16(23)22-20(2,9-26-3)10-27-4)14-12-7-5-6-8-13(12)15-17(21-14)29-19(25)18(24)28-15/h5-8,11,14-15,17,21H,9-10H2,1-4H3,(H,22,23). The molecule has 1 amide bonds. The van der Waals surface area contributed by atoms with Gasteiger partial charge in [0.05, 0.1) is 24.7 Å². The first kappa shape index (κ1) is 21.2. The number of nitrogens with one attached hydrogen (secondary N) is 2. The largest absolute Gasteiger partial charge is 0.444 e. The second-order valence-corrected chi connectivity index (χ2v) is 7.63. The first-order chi connectivity index (χ1) is 13.8. The van der Waals surface area contributed by atoms with Crippen molar-refractivity contribution in [3.05, 3.63) is 35.4 Å². The van der Waals surface area contributed by atoms with Crippen LogP contribution in [0.1, 0.15) is 37.1 Å². The number of methoxy groups -OCH3 is 2. The molecule has 2 heterocycles.